The van der Waals surface area contributed by atoms with Gasteiger partial charge in [-0.3, -0.25) is 0 Å². The van der Waals surface area contributed by atoms with E-state index in [2.05, 4.69) is 15.9 Å². The van der Waals surface area contributed by atoms with Gasteiger partial charge in [-0.2, -0.15) is 4.31 Å². The molecule has 0 N–H and O–H groups in total. The first kappa shape index (κ1) is 17.4. The van der Waals surface area contributed by atoms with Crippen molar-refractivity contribution in [3.63, 3.8) is 0 Å². The summed E-state index contributed by atoms with van der Waals surface area (Å²) in [7, 11) is -5.56. The summed E-state index contributed by atoms with van der Waals surface area (Å²) >= 11 is 10.1. The maximum atomic E-state index is 12.3. The smallest absolute Gasteiger partial charge is 0.229 e. The largest absolute Gasteiger partial charge is 0.244 e. The van der Waals surface area contributed by atoms with E-state index in [0.29, 0.717) is 3.79 Å². The number of sulfone groups is 1. The molecule has 0 radical (unpaired) electrons. The van der Waals surface area contributed by atoms with E-state index in [9.17, 15) is 16.8 Å². The summed E-state index contributed by atoms with van der Waals surface area (Å²) in [5.74, 6) is 0.0126. The Kier molecular flexibility index (Phi) is 5.85. The Hall–Kier alpha value is 0.330. The average Bonchev–Trinajstić information content (AvgIpc) is 2.67. The van der Waals surface area contributed by atoms with Crippen molar-refractivity contribution in [3.8, 4) is 0 Å². The summed E-state index contributed by atoms with van der Waals surface area (Å²) in [5.41, 5.74) is 0. The number of hydrogen-bond acceptors (Lipinski definition) is 5. The highest BCUT2D eigenvalue weighted by molar-refractivity contribution is 9.11. The molecule has 1 aromatic rings. The van der Waals surface area contributed by atoms with Crippen LogP contribution in [0.2, 0.25) is 0 Å². The summed E-state index contributed by atoms with van der Waals surface area (Å²) in [6.07, 6.45) is 1.07. The Morgan fingerprint density at radius 2 is 1.95 bits per heavy atom. The lowest BCUT2D eigenvalue weighted by molar-refractivity contribution is 0.484. The fourth-order valence-electron chi connectivity index (χ4n) is 1.22. The predicted octanol–water partition coefficient (Wildman–Crippen LogP) is 1.91. The van der Waals surface area contributed by atoms with Crippen molar-refractivity contribution in [2.45, 2.75) is 10.8 Å². The van der Waals surface area contributed by atoms with Crippen LogP contribution in [0.4, 0.5) is 0 Å². The van der Waals surface area contributed by atoms with Crippen LogP contribution in [0.25, 0.3) is 0 Å². The van der Waals surface area contributed by atoms with E-state index in [-0.39, 0.29) is 23.1 Å². The second-order valence-corrected chi connectivity index (χ2v) is 10.9. The Labute approximate surface area is 130 Å². The van der Waals surface area contributed by atoms with Gasteiger partial charge in [-0.15, -0.1) is 22.9 Å². The highest BCUT2D eigenvalue weighted by atomic mass is 79.9. The van der Waals surface area contributed by atoms with Crippen LogP contribution in [-0.2, 0) is 25.7 Å². The Bertz CT molecular complexity index is 653. The van der Waals surface area contributed by atoms with Gasteiger partial charge in [-0.05, 0) is 22.0 Å². The van der Waals surface area contributed by atoms with E-state index in [4.69, 9.17) is 11.6 Å². The minimum absolute atomic E-state index is 0.0837. The number of rotatable bonds is 6. The monoisotopic (exact) mass is 409 g/mol. The molecule has 110 valence electrons. The van der Waals surface area contributed by atoms with Crippen LogP contribution in [0.15, 0.2) is 14.7 Å². The first-order chi connectivity index (χ1) is 8.58. The summed E-state index contributed by atoms with van der Waals surface area (Å²) in [4.78, 5) is 0.841. The van der Waals surface area contributed by atoms with Crippen LogP contribution >= 0.6 is 38.9 Å². The van der Waals surface area contributed by atoms with Crippen molar-refractivity contribution in [1.82, 2.24) is 4.31 Å². The number of halogens is 2. The maximum absolute atomic E-state index is 12.3. The van der Waals surface area contributed by atoms with Crippen LogP contribution in [0.5, 0.6) is 0 Å². The summed E-state index contributed by atoms with van der Waals surface area (Å²) < 4.78 is 48.2. The van der Waals surface area contributed by atoms with Crippen LogP contribution in [0, 0.1) is 0 Å². The first-order valence-electron chi connectivity index (χ1n) is 5.06. The molecule has 10 heteroatoms. The number of hydrogen-bond donors (Lipinski definition) is 0. The molecule has 0 bridgehead atoms. The molecule has 19 heavy (non-hydrogen) atoms. The minimum Gasteiger partial charge on any atom is -0.229 e. The van der Waals surface area contributed by atoms with E-state index in [1.165, 1.54) is 24.5 Å². The average molecular weight is 411 g/mol. The zero-order chi connectivity index (χ0) is 14.8. The van der Waals surface area contributed by atoms with E-state index in [0.717, 1.165) is 15.4 Å². The number of sulfonamides is 1. The summed E-state index contributed by atoms with van der Waals surface area (Å²) in [6, 6.07) is 1.49. The number of nitrogens with zero attached hydrogens (tertiary/aromatic N) is 1. The van der Waals surface area contributed by atoms with Gasteiger partial charge in [0.15, 0.2) is 0 Å². The molecule has 0 spiro atoms. The molecule has 5 nitrogen and oxygen atoms in total. The van der Waals surface area contributed by atoms with E-state index >= 15 is 0 Å². The molecular weight excluding hydrogens is 398 g/mol. The quantitative estimate of drug-likeness (QED) is 0.672. The normalized spacial score (nSPS) is 13.1. The minimum atomic E-state index is -3.71. The number of alkyl halides is 1. The molecule has 0 atom stereocenters. The SMILES string of the molecule is CN(CCS(C)(=O)=O)S(=O)(=O)c1cc(CCl)sc1Br. The summed E-state index contributed by atoms with van der Waals surface area (Å²) in [6.45, 7) is -0.0837. The van der Waals surface area contributed by atoms with Gasteiger partial charge in [-0.1, -0.05) is 0 Å². The molecule has 0 fully saturated rings. The van der Waals surface area contributed by atoms with Crippen molar-refractivity contribution in [2.24, 2.45) is 0 Å². The lowest BCUT2D eigenvalue weighted by Gasteiger charge is -2.15. The molecule has 0 aliphatic rings. The molecular formula is C9H13BrClNO4S3. The van der Waals surface area contributed by atoms with Gasteiger partial charge >= 0.3 is 0 Å². The Morgan fingerprint density at radius 1 is 1.37 bits per heavy atom. The molecule has 0 aliphatic heterocycles. The van der Waals surface area contributed by atoms with Crippen molar-refractivity contribution in [3.05, 3.63) is 14.7 Å². The van der Waals surface area contributed by atoms with Crippen molar-refractivity contribution < 1.29 is 16.8 Å². The zero-order valence-electron chi connectivity index (χ0n) is 10.3. The Morgan fingerprint density at radius 3 is 2.37 bits per heavy atom. The molecule has 0 unspecified atom stereocenters. The van der Waals surface area contributed by atoms with Crippen LogP contribution in [-0.4, -0.2) is 46.7 Å². The lowest BCUT2D eigenvalue weighted by atomic mass is 10.5. The molecule has 0 saturated heterocycles. The Balaban J connectivity index is 2.99. The molecule has 0 aromatic carbocycles. The van der Waals surface area contributed by atoms with Crippen molar-refractivity contribution in [1.29, 1.82) is 0 Å². The second-order valence-electron chi connectivity index (χ2n) is 3.94. The zero-order valence-corrected chi connectivity index (χ0v) is 15.1. The van der Waals surface area contributed by atoms with Gasteiger partial charge < -0.3 is 0 Å². The second kappa shape index (κ2) is 6.40. The van der Waals surface area contributed by atoms with E-state index < -0.39 is 19.9 Å². The maximum Gasteiger partial charge on any atom is 0.244 e. The van der Waals surface area contributed by atoms with Gasteiger partial charge in [0.25, 0.3) is 0 Å². The molecule has 1 rings (SSSR count). The van der Waals surface area contributed by atoms with Gasteiger partial charge in [0.05, 0.1) is 15.4 Å². The molecule has 1 aromatic heterocycles. The first-order valence-corrected chi connectivity index (χ1v) is 10.7. The van der Waals surface area contributed by atoms with Crippen molar-refractivity contribution in [2.75, 3.05) is 25.6 Å². The summed E-state index contributed by atoms with van der Waals surface area (Å²) in [5, 5.41) is 0. The topological polar surface area (TPSA) is 71.5 Å². The van der Waals surface area contributed by atoms with Gasteiger partial charge in [0.1, 0.15) is 14.7 Å². The number of thiophene rings is 1. The molecule has 0 aliphatic carbocycles. The van der Waals surface area contributed by atoms with E-state index in [1.54, 1.807) is 0 Å². The standard InChI is InChI=1S/C9H13BrClNO4S3/c1-12(3-4-18(2,13)14)19(15,16)8-5-7(6-11)17-9(8)10/h5H,3-4,6H2,1-2H3. The van der Waals surface area contributed by atoms with E-state index in [1.807, 2.05) is 0 Å². The van der Waals surface area contributed by atoms with Crippen molar-refractivity contribution >= 4 is 58.7 Å². The van der Waals surface area contributed by atoms with Crippen LogP contribution in [0.3, 0.4) is 0 Å². The molecule has 0 saturated carbocycles. The molecule has 1 heterocycles. The van der Waals surface area contributed by atoms with Gasteiger partial charge in [-0.25, -0.2) is 16.8 Å². The molecule has 0 amide bonds. The third-order valence-corrected chi connectivity index (χ3v) is 7.78. The third-order valence-electron chi connectivity index (χ3n) is 2.30. The van der Waals surface area contributed by atoms with Crippen LogP contribution < -0.4 is 0 Å². The fraction of sp³-hybridized carbons (Fsp3) is 0.556. The third kappa shape index (κ3) is 4.68. The fourth-order valence-corrected chi connectivity index (χ4v) is 5.83. The lowest BCUT2D eigenvalue weighted by Crippen LogP contribution is -2.31. The highest BCUT2D eigenvalue weighted by Crippen LogP contribution is 2.33. The predicted molar refractivity (Wildman–Crippen MR) is 81.1 cm³/mol. The van der Waals surface area contributed by atoms with Gasteiger partial charge in [0.2, 0.25) is 10.0 Å². The highest BCUT2D eigenvalue weighted by Gasteiger charge is 2.26. The van der Waals surface area contributed by atoms with Gasteiger partial charge in [0, 0.05) is 24.7 Å². The van der Waals surface area contributed by atoms with Crippen LogP contribution in [0.1, 0.15) is 4.88 Å².